The van der Waals surface area contributed by atoms with Gasteiger partial charge < -0.3 is 5.73 Å². The summed E-state index contributed by atoms with van der Waals surface area (Å²) in [4.78, 5) is 0. The largest absolute Gasteiger partial charge is 0.383 e. The van der Waals surface area contributed by atoms with E-state index >= 15 is 0 Å². The Morgan fingerprint density at radius 1 is 1.16 bits per heavy atom. The van der Waals surface area contributed by atoms with Gasteiger partial charge in [-0.05, 0) is 30.2 Å². The molecule has 0 spiro atoms. The van der Waals surface area contributed by atoms with Gasteiger partial charge in [0.2, 0.25) is 0 Å². The van der Waals surface area contributed by atoms with Gasteiger partial charge in [0.1, 0.15) is 5.82 Å². The molecule has 0 unspecified atom stereocenters. The topological polar surface area (TPSA) is 61.7 Å². The summed E-state index contributed by atoms with van der Waals surface area (Å²) in [6, 6.07) is 8.09. The Balaban J connectivity index is 2.07. The van der Waals surface area contributed by atoms with Gasteiger partial charge in [0.05, 0.1) is 18.1 Å². The number of benzene rings is 1. The minimum Gasteiger partial charge on any atom is -0.383 e. The van der Waals surface area contributed by atoms with E-state index in [9.17, 15) is 0 Å². The van der Waals surface area contributed by atoms with Gasteiger partial charge in [-0.1, -0.05) is 12.1 Å². The van der Waals surface area contributed by atoms with Gasteiger partial charge in [0, 0.05) is 18.8 Å². The van der Waals surface area contributed by atoms with Gasteiger partial charge in [0.25, 0.3) is 0 Å². The molecule has 0 bridgehead atoms. The van der Waals surface area contributed by atoms with E-state index in [1.165, 1.54) is 0 Å². The summed E-state index contributed by atoms with van der Waals surface area (Å²) in [5.74, 6) is 0.661. The first-order valence-corrected chi connectivity index (χ1v) is 6.05. The van der Waals surface area contributed by atoms with E-state index in [0.717, 1.165) is 22.4 Å². The van der Waals surface area contributed by atoms with E-state index in [-0.39, 0.29) is 0 Å². The number of nitrogen functional groups attached to an aromatic ring is 1. The molecule has 5 heteroatoms. The molecule has 5 nitrogen and oxygen atoms in total. The lowest BCUT2D eigenvalue weighted by atomic mass is 10.1. The van der Waals surface area contributed by atoms with Crippen LogP contribution in [0.1, 0.15) is 5.56 Å². The zero-order chi connectivity index (χ0) is 13.4. The number of nitrogens with two attached hydrogens (primary N) is 1. The quantitative estimate of drug-likeness (QED) is 0.761. The van der Waals surface area contributed by atoms with E-state index in [1.54, 1.807) is 10.9 Å². The number of hydrogen-bond donors (Lipinski definition) is 1. The summed E-state index contributed by atoms with van der Waals surface area (Å²) < 4.78 is 3.52. The van der Waals surface area contributed by atoms with Crippen LogP contribution >= 0.6 is 0 Å². The Labute approximate surface area is 111 Å². The standard InChI is InChI=1S/C14H15N5/c1-10-7-17-19(9-10)12-5-3-4-11(6-12)13-8-16-18(2)14(13)15/h3-9H,15H2,1-2H3. The molecule has 0 saturated heterocycles. The summed E-state index contributed by atoms with van der Waals surface area (Å²) in [5, 5.41) is 8.48. The molecule has 0 atom stereocenters. The van der Waals surface area contributed by atoms with E-state index in [0.29, 0.717) is 5.82 Å². The molecular formula is C14H15N5. The number of nitrogens with zero attached hydrogens (tertiary/aromatic N) is 4. The Hall–Kier alpha value is -2.56. The molecule has 0 radical (unpaired) electrons. The fraction of sp³-hybridized carbons (Fsp3) is 0.143. The first-order chi connectivity index (χ1) is 9.15. The Kier molecular flexibility index (Phi) is 2.59. The third kappa shape index (κ3) is 1.99. The van der Waals surface area contributed by atoms with E-state index in [1.807, 2.05) is 49.2 Å². The average Bonchev–Trinajstić information content (AvgIpc) is 2.98. The summed E-state index contributed by atoms with van der Waals surface area (Å²) in [5.41, 5.74) is 10.1. The predicted octanol–water partition coefficient (Wildman–Crippen LogP) is 2.16. The second-order valence-electron chi connectivity index (χ2n) is 4.58. The summed E-state index contributed by atoms with van der Waals surface area (Å²) in [7, 11) is 1.83. The molecule has 19 heavy (non-hydrogen) atoms. The Morgan fingerprint density at radius 2 is 2.00 bits per heavy atom. The van der Waals surface area contributed by atoms with Crippen LogP contribution < -0.4 is 5.73 Å². The highest BCUT2D eigenvalue weighted by atomic mass is 15.3. The number of rotatable bonds is 2. The number of aryl methyl sites for hydroxylation is 2. The van der Waals surface area contributed by atoms with Crippen molar-refractivity contribution in [2.24, 2.45) is 7.05 Å². The van der Waals surface area contributed by atoms with E-state index < -0.39 is 0 Å². The van der Waals surface area contributed by atoms with Gasteiger partial charge in [-0.15, -0.1) is 0 Å². The van der Waals surface area contributed by atoms with Crippen molar-refractivity contribution in [2.75, 3.05) is 5.73 Å². The van der Waals surface area contributed by atoms with Crippen LogP contribution in [0.25, 0.3) is 16.8 Å². The Morgan fingerprint density at radius 3 is 2.63 bits per heavy atom. The molecule has 0 saturated carbocycles. The van der Waals surface area contributed by atoms with Gasteiger partial charge in [0.15, 0.2) is 0 Å². The van der Waals surface area contributed by atoms with Crippen molar-refractivity contribution in [3.63, 3.8) is 0 Å². The molecular weight excluding hydrogens is 238 g/mol. The molecule has 3 aromatic rings. The summed E-state index contributed by atoms with van der Waals surface area (Å²) >= 11 is 0. The van der Waals surface area contributed by atoms with Crippen molar-refractivity contribution in [1.29, 1.82) is 0 Å². The minimum absolute atomic E-state index is 0.661. The van der Waals surface area contributed by atoms with Crippen molar-refractivity contribution in [3.05, 3.63) is 48.4 Å². The second-order valence-corrected chi connectivity index (χ2v) is 4.58. The maximum absolute atomic E-state index is 6.01. The highest BCUT2D eigenvalue weighted by Crippen LogP contribution is 2.26. The first-order valence-electron chi connectivity index (χ1n) is 6.05. The van der Waals surface area contributed by atoms with Crippen molar-refractivity contribution in [2.45, 2.75) is 6.92 Å². The van der Waals surface area contributed by atoms with Crippen LogP contribution in [0.2, 0.25) is 0 Å². The van der Waals surface area contributed by atoms with Crippen LogP contribution in [0, 0.1) is 6.92 Å². The molecule has 0 aliphatic carbocycles. The number of aromatic nitrogens is 4. The van der Waals surface area contributed by atoms with Crippen molar-refractivity contribution in [3.8, 4) is 16.8 Å². The third-order valence-corrected chi connectivity index (χ3v) is 3.12. The maximum Gasteiger partial charge on any atom is 0.129 e. The summed E-state index contributed by atoms with van der Waals surface area (Å²) in [6.45, 7) is 2.02. The van der Waals surface area contributed by atoms with E-state index in [2.05, 4.69) is 16.3 Å². The minimum atomic E-state index is 0.661. The molecule has 0 aliphatic heterocycles. The lowest BCUT2D eigenvalue weighted by Crippen LogP contribution is -1.98. The summed E-state index contributed by atoms with van der Waals surface area (Å²) in [6.07, 6.45) is 5.61. The zero-order valence-corrected chi connectivity index (χ0v) is 10.9. The third-order valence-electron chi connectivity index (χ3n) is 3.12. The second kappa shape index (κ2) is 4.28. The fourth-order valence-electron chi connectivity index (χ4n) is 2.04. The van der Waals surface area contributed by atoms with Crippen LogP contribution in [-0.2, 0) is 7.05 Å². The molecule has 0 fully saturated rings. The molecule has 2 heterocycles. The van der Waals surface area contributed by atoms with Gasteiger partial charge in [-0.25, -0.2) is 4.68 Å². The van der Waals surface area contributed by atoms with Crippen LogP contribution in [0.15, 0.2) is 42.9 Å². The molecule has 2 N–H and O–H groups in total. The molecule has 96 valence electrons. The molecule has 0 aliphatic rings. The first kappa shape index (κ1) is 11.5. The van der Waals surface area contributed by atoms with Gasteiger partial charge >= 0.3 is 0 Å². The highest BCUT2D eigenvalue weighted by molar-refractivity contribution is 5.74. The lowest BCUT2D eigenvalue weighted by molar-refractivity contribution is 0.779. The van der Waals surface area contributed by atoms with Crippen LogP contribution in [0.5, 0.6) is 0 Å². The van der Waals surface area contributed by atoms with Crippen molar-refractivity contribution < 1.29 is 0 Å². The van der Waals surface area contributed by atoms with E-state index in [4.69, 9.17) is 5.73 Å². The average molecular weight is 253 g/mol. The highest BCUT2D eigenvalue weighted by Gasteiger charge is 2.08. The molecule has 1 aromatic carbocycles. The molecule has 2 aromatic heterocycles. The maximum atomic E-state index is 6.01. The smallest absolute Gasteiger partial charge is 0.129 e. The van der Waals surface area contributed by atoms with Crippen LogP contribution in [0.3, 0.4) is 0 Å². The zero-order valence-electron chi connectivity index (χ0n) is 10.9. The monoisotopic (exact) mass is 253 g/mol. The van der Waals surface area contributed by atoms with Crippen LogP contribution in [-0.4, -0.2) is 19.6 Å². The van der Waals surface area contributed by atoms with Gasteiger partial charge in [-0.3, -0.25) is 4.68 Å². The lowest BCUT2D eigenvalue weighted by Gasteiger charge is -2.05. The van der Waals surface area contributed by atoms with Gasteiger partial charge in [-0.2, -0.15) is 10.2 Å². The van der Waals surface area contributed by atoms with Crippen molar-refractivity contribution >= 4 is 5.82 Å². The SMILES string of the molecule is Cc1cnn(-c2cccc(-c3cnn(C)c3N)c2)c1. The number of anilines is 1. The number of hydrogen-bond acceptors (Lipinski definition) is 3. The van der Waals surface area contributed by atoms with Crippen molar-refractivity contribution in [1.82, 2.24) is 19.6 Å². The fourth-order valence-corrected chi connectivity index (χ4v) is 2.04. The normalized spacial score (nSPS) is 10.8. The Bertz CT molecular complexity index is 723. The van der Waals surface area contributed by atoms with Crippen LogP contribution in [0.4, 0.5) is 5.82 Å². The predicted molar refractivity (Wildman–Crippen MR) is 74.9 cm³/mol. The molecule has 3 rings (SSSR count). The molecule has 0 amide bonds.